The van der Waals surface area contributed by atoms with Crippen LogP contribution in [0.15, 0.2) is 0 Å². The number of carbonyl (C=O) groups excluding carboxylic acids is 4. The van der Waals surface area contributed by atoms with Crippen molar-refractivity contribution in [2.75, 3.05) is 39.6 Å². The maximum Gasteiger partial charge on any atom is 0.472 e. The van der Waals surface area contributed by atoms with Crippen LogP contribution in [0.5, 0.6) is 0 Å². The summed E-state index contributed by atoms with van der Waals surface area (Å²) in [5, 5.41) is 10.6. The van der Waals surface area contributed by atoms with E-state index in [1.807, 2.05) is 0 Å². The van der Waals surface area contributed by atoms with E-state index in [-0.39, 0.29) is 25.7 Å². The topological polar surface area (TPSA) is 237 Å². The van der Waals surface area contributed by atoms with Gasteiger partial charge >= 0.3 is 39.5 Å². The lowest BCUT2D eigenvalue weighted by Crippen LogP contribution is -2.30. The number of aliphatic hydroxyl groups excluding tert-OH is 1. The zero-order valence-corrected chi connectivity index (χ0v) is 57.7. The predicted molar refractivity (Wildman–Crippen MR) is 344 cm³/mol. The highest BCUT2D eigenvalue weighted by atomic mass is 31.2. The lowest BCUT2D eigenvalue weighted by molar-refractivity contribution is -0.161. The molecule has 19 heteroatoms. The Morgan fingerprint density at radius 2 is 0.558 bits per heavy atom. The SMILES string of the molecule is CCC(C)CCCCCCCCC(=O)OC[C@H](COP(=O)(O)OCC(O)COP(=O)(O)OC[C@@H](COC(=O)CCCCCCCCCCC(C)C)OC(=O)CCCCCCCCC(C)C)OC(=O)CCCCCCCCCCCCCCCC(C)C. The quantitative estimate of drug-likeness (QED) is 0.0222. The molecule has 0 aromatic carbocycles. The zero-order chi connectivity index (χ0) is 63.9. The van der Waals surface area contributed by atoms with Crippen LogP contribution < -0.4 is 0 Å². The first-order valence-electron chi connectivity index (χ1n) is 34.7. The van der Waals surface area contributed by atoms with Crippen LogP contribution in [0.4, 0.5) is 0 Å². The van der Waals surface area contributed by atoms with Gasteiger partial charge in [0, 0.05) is 25.7 Å². The van der Waals surface area contributed by atoms with Crippen molar-refractivity contribution in [1.29, 1.82) is 0 Å². The van der Waals surface area contributed by atoms with E-state index in [9.17, 15) is 43.2 Å². The summed E-state index contributed by atoms with van der Waals surface area (Å²) in [5.74, 6) is 0.774. The van der Waals surface area contributed by atoms with Gasteiger partial charge in [-0.3, -0.25) is 37.3 Å². The van der Waals surface area contributed by atoms with E-state index in [4.69, 9.17) is 37.0 Å². The number of hydrogen-bond acceptors (Lipinski definition) is 15. The largest absolute Gasteiger partial charge is 0.472 e. The van der Waals surface area contributed by atoms with Gasteiger partial charge in [0.05, 0.1) is 26.4 Å². The second-order valence-electron chi connectivity index (χ2n) is 25.9. The number of esters is 4. The fourth-order valence-electron chi connectivity index (χ4n) is 9.93. The summed E-state index contributed by atoms with van der Waals surface area (Å²) in [5.41, 5.74) is 0. The number of aliphatic hydroxyl groups is 1. The minimum absolute atomic E-state index is 0.101. The Morgan fingerprint density at radius 3 is 0.826 bits per heavy atom. The average Bonchev–Trinajstić information content (AvgIpc) is 3.68. The molecule has 17 nitrogen and oxygen atoms in total. The molecule has 6 atom stereocenters. The van der Waals surface area contributed by atoms with Crippen molar-refractivity contribution < 1.29 is 80.2 Å². The molecule has 0 heterocycles. The third kappa shape index (κ3) is 59.7. The molecule has 0 aliphatic rings. The zero-order valence-electron chi connectivity index (χ0n) is 55.9. The molecule has 0 radical (unpaired) electrons. The summed E-state index contributed by atoms with van der Waals surface area (Å²) in [4.78, 5) is 72.3. The first-order valence-corrected chi connectivity index (χ1v) is 37.7. The molecule has 0 aromatic rings. The van der Waals surface area contributed by atoms with Crippen LogP contribution in [0, 0.1) is 23.7 Å². The van der Waals surface area contributed by atoms with Crippen molar-refractivity contribution in [2.24, 2.45) is 23.7 Å². The first-order chi connectivity index (χ1) is 41.1. The lowest BCUT2D eigenvalue weighted by atomic mass is 10.00. The first kappa shape index (κ1) is 84.1. The van der Waals surface area contributed by atoms with Gasteiger partial charge < -0.3 is 33.8 Å². The maximum atomic E-state index is 13.0. The van der Waals surface area contributed by atoms with E-state index in [0.717, 1.165) is 114 Å². The van der Waals surface area contributed by atoms with Crippen molar-refractivity contribution in [3.05, 3.63) is 0 Å². The van der Waals surface area contributed by atoms with E-state index in [2.05, 4.69) is 55.4 Å². The van der Waals surface area contributed by atoms with Crippen molar-refractivity contribution in [1.82, 2.24) is 0 Å². The normalized spacial score (nSPS) is 14.7. The van der Waals surface area contributed by atoms with E-state index in [1.54, 1.807) is 0 Å². The molecule has 0 rings (SSSR count). The van der Waals surface area contributed by atoms with Crippen molar-refractivity contribution >= 4 is 39.5 Å². The minimum Gasteiger partial charge on any atom is -0.462 e. The molecule has 0 saturated carbocycles. The minimum atomic E-state index is -4.95. The summed E-state index contributed by atoms with van der Waals surface area (Å²) in [6.07, 6.45) is 37.8. The Labute approximate surface area is 524 Å². The highest BCUT2D eigenvalue weighted by Crippen LogP contribution is 2.45. The molecular weight excluding hydrogens is 1140 g/mol. The molecule has 0 spiro atoms. The standard InChI is InChI=1S/C67H130O17P2/c1-9-60(8)46-38-30-24-26-32-40-48-65(70)78-54-62(83-66(71)49-41-33-22-16-14-12-10-11-13-15-19-27-35-43-57(2)3)55-81-85(73,74)79-51-61(68)52-80-86(75,76)82-56-63(84-67(72)50-42-34-25-23-29-37-45-59(6)7)53-77-64(69)47-39-31-21-18-17-20-28-36-44-58(4)5/h57-63,68H,9-56H2,1-8H3,(H,73,74)(H,75,76)/t60?,61?,62-,63-/m1/s1. The predicted octanol–water partition coefficient (Wildman–Crippen LogP) is 18.5. The van der Waals surface area contributed by atoms with Crippen molar-refractivity contribution in [2.45, 2.75) is 343 Å². The number of rotatable bonds is 64. The highest BCUT2D eigenvalue weighted by Gasteiger charge is 2.30. The van der Waals surface area contributed by atoms with Gasteiger partial charge in [0.1, 0.15) is 19.3 Å². The third-order valence-corrected chi connectivity index (χ3v) is 17.6. The van der Waals surface area contributed by atoms with Gasteiger partial charge in [-0.2, -0.15) is 0 Å². The van der Waals surface area contributed by atoms with Crippen LogP contribution >= 0.6 is 15.6 Å². The number of phosphoric acid groups is 2. The molecule has 0 aromatic heterocycles. The summed E-state index contributed by atoms with van der Waals surface area (Å²) in [6, 6.07) is 0. The Bertz CT molecular complexity index is 1720. The molecule has 4 unspecified atom stereocenters. The van der Waals surface area contributed by atoms with Gasteiger partial charge in [-0.25, -0.2) is 9.13 Å². The molecule has 510 valence electrons. The van der Waals surface area contributed by atoms with Gasteiger partial charge in [-0.05, 0) is 49.4 Å². The Kier molecular flexibility index (Phi) is 55.7. The van der Waals surface area contributed by atoms with Gasteiger partial charge in [-0.1, -0.05) is 274 Å². The van der Waals surface area contributed by atoms with Gasteiger partial charge in [0.25, 0.3) is 0 Å². The Hall–Kier alpha value is -1.94. The molecule has 86 heavy (non-hydrogen) atoms. The van der Waals surface area contributed by atoms with Crippen molar-refractivity contribution in [3.8, 4) is 0 Å². The fourth-order valence-corrected chi connectivity index (χ4v) is 11.5. The van der Waals surface area contributed by atoms with Crippen LogP contribution in [0.2, 0.25) is 0 Å². The molecule has 0 amide bonds. The molecule has 0 fully saturated rings. The van der Waals surface area contributed by atoms with Gasteiger partial charge in [0.15, 0.2) is 12.2 Å². The summed E-state index contributed by atoms with van der Waals surface area (Å²) < 4.78 is 68.1. The van der Waals surface area contributed by atoms with E-state index in [0.29, 0.717) is 31.6 Å². The van der Waals surface area contributed by atoms with Crippen LogP contribution in [-0.4, -0.2) is 96.7 Å². The molecular formula is C67H130O17P2. The smallest absolute Gasteiger partial charge is 0.462 e. The molecule has 3 N–H and O–H groups in total. The van der Waals surface area contributed by atoms with Crippen LogP contribution in [0.3, 0.4) is 0 Å². The number of hydrogen-bond donors (Lipinski definition) is 3. The Morgan fingerprint density at radius 1 is 0.326 bits per heavy atom. The number of phosphoric ester groups is 2. The molecule has 0 saturated heterocycles. The Balaban J connectivity index is 5.23. The number of unbranched alkanes of at least 4 members (excludes halogenated alkanes) is 29. The monoisotopic (exact) mass is 1270 g/mol. The van der Waals surface area contributed by atoms with E-state index in [1.165, 1.54) is 122 Å². The molecule has 0 bridgehead atoms. The fraction of sp³-hybridized carbons (Fsp3) is 0.940. The van der Waals surface area contributed by atoms with Gasteiger partial charge in [0.2, 0.25) is 0 Å². The lowest BCUT2D eigenvalue weighted by Gasteiger charge is -2.21. The second-order valence-corrected chi connectivity index (χ2v) is 28.8. The molecule has 0 aliphatic carbocycles. The third-order valence-electron chi connectivity index (χ3n) is 15.7. The summed E-state index contributed by atoms with van der Waals surface area (Å²) in [7, 11) is -9.89. The average molecular weight is 1270 g/mol. The summed E-state index contributed by atoms with van der Waals surface area (Å²) in [6.45, 7) is 14.0. The number of ether oxygens (including phenoxy) is 4. The van der Waals surface area contributed by atoms with Crippen LogP contribution in [0.1, 0.15) is 325 Å². The maximum absolute atomic E-state index is 13.0. The van der Waals surface area contributed by atoms with Gasteiger partial charge in [-0.15, -0.1) is 0 Å². The van der Waals surface area contributed by atoms with Crippen molar-refractivity contribution in [3.63, 3.8) is 0 Å². The molecule has 0 aliphatic heterocycles. The number of carbonyl (C=O) groups is 4. The highest BCUT2D eigenvalue weighted by molar-refractivity contribution is 7.47. The second kappa shape index (κ2) is 57.0. The van der Waals surface area contributed by atoms with E-state index < -0.39 is 97.5 Å². The van der Waals surface area contributed by atoms with Crippen LogP contribution in [-0.2, 0) is 65.4 Å². The summed E-state index contributed by atoms with van der Waals surface area (Å²) >= 11 is 0. The van der Waals surface area contributed by atoms with Crippen LogP contribution in [0.25, 0.3) is 0 Å². The van der Waals surface area contributed by atoms with E-state index >= 15 is 0 Å².